The fourth-order valence-corrected chi connectivity index (χ4v) is 10.5. The van der Waals surface area contributed by atoms with Gasteiger partial charge in [-0.15, -0.1) is 11.8 Å². The van der Waals surface area contributed by atoms with Crippen molar-refractivity contribution in [2.24, 2.45) is 11.8 Å². The fourth-order valence-electron chi connectivity index (χ4n) is 8.14. The van der Waals surface area contributed by atoms with Crippen LogP contribution in [0.4, 0.5) is 5.69 Å². The van der Waals surface area contributed by atoms with Gasteiger partial charge in [0, 0.05) is 16.5 Å². The van der Waals surface area contributed by atoms with Gasteiger partial charge in [0.2, 0.25) is 17.7 Å². The molecule has 2 unspecified atom stereocenters. The van der Waals surface area contributed by atoms with Gasteiger partial charge < -0.3 is 25.4 Å². The number of carbonyl (C=O) groups excluding carboxylic acids is 3. The second kappa shape index (κ2) is 12.2. The molecule has 6 atom stereocenters. The third kappa shape index (κ3) is 5.43. The molecule has 3 N–H and O–H groups in total. The molecule has 2 aromatic carbocycles. The summed E-state index contributed by atoms with van der Waals surface area (Å²) in [6.07, 6.45) is 7.08. The van der Waals surface area contributed by atoms with Crippen LogP contribution < -0.4 is 15.4 Å². The van der Waals surface area contributed by atoms with Crippen LogP contribution in [0.5, 0.6) is 5.75 Å². The highest BCUT2D eigenvalue weighted by atomic mass is 32.2. The summed E-state index contributed by atoms with van der Waals surface area (Å²) in [5.74, 6) is -1.05. The normalized spacial score (nSPS) is 30.6. The van der Waals surface area contributed by atoms with Crippen molar-refractivity contribution in [2.75, 3.05) is 18.5 Å². The molecule has 3 heterocycles. The largest absolute Gasteiger partial charge is 0.494 e. The predicted molar refractivity (Wildman–Crippen MR) is 168 cm³/mol. The van der Waals surface area contributed by atoms with E-state index in [1.165, 1.54) is 6.42 Å². The molecule has 3 saturated heterocycles. The summed E-state index contributed by atoms with van der Waals surface area (Å²) in [6.45, 7) is 4.29. The smallest absolute Gasteiger partial charge is 0.244 e. The summed E-state index contributed by atoms with van der Waals surface area (Å²) in [6, 6.07) is 15.8. The molecule has 6 rings (SSSR count). The zero-order valence-electron chi connectivity index (χ0n) is 25.1. The molecule has 2 aromatic rings. The number of aliphatic hydroxyl groups is 1. The second-order valence-corrected chi connectivity index (χ2v) is 14.7. The number of aliphatic hydroxyl groups excluding tert-OH is 1. The van der Waals surface area contributed by atoms with Crippen molar-refractivity contribution >= 4 is 35.2 Å². The molecular formula is C34H43N3O5S. The van der Waals surface area contributed by atoms with Crippen molar-refractivity contribution < 1.29 is 24.2 Å². The van der Waals surface area contributed by atoms with Crippen molar-refractivity contribution in [3.63, 3.8) is 0 Å². The number of hydrogen-bond donors (Lipinski definition) is 3. The molecule has 1 spiro atoms. The average Bonchev–Trinajstić information content (AvgIpc) is 3.58. The van der Waals surface area contributed by atoms with Gasteiger partial charge in [0.05, 0.1) is 35.8 Å². The molecule has 0 radical (unpaired) electrons. The minimum absolute atomic E-state index is 0.0910. The number of fused-ring (bicyclic) bond motifs is 1. The second-order valence-electron chi connectivity index (χ2n) is 12.8. The van der Waals surface area contributed by atoms with Gasteiger partial charge in [0.25, 0.3) is 0 Å². The number of nitrogens with zero attached hydrogens (tertiary/aromatic N) is 1. The average molecular weight is 606 g/mol. The van der Waals surface area contributed by atoms with Crippen LogP contribution in [-0.2, 0) is 20.8 Å². The van der Waals surface area contributed by atoms with E-state index in [4.69, 9.17) is 4.74 Å². The van der Waals surface area contributed by atoms with Crippen molar-refractivity contribution in [3.8, 4) is 5.75 Å². The Kier molecular flexibility index (Phi) is 8.48. The third-order valence-corrected chi connectivity index (χ3v) is 12.0. The Labute approximate surface area is 258 Å². The zero-order valence-corrected chi connectivity index (χ0v) is 25.9. The lowest BCUT2D eigenvalue weighted by molar-refractivity contribution is -0.142. The molecule has 9 heteroatoms. The molecular weight excluding hydrogens is 562 g/mol. The summed E-state index contributed by atoms with van der Waals surface area (Å²) >= 11 is 1.66. The number of hydrogen-bond acceptors (Lipinski definition) is 6. The molecule has 0 aromatic heterocycles. The van der Waals surface area contributed by atoms with E-state index in [0.29, 0.717) is 25.1 Å². The minimum Gasteiger partial charge on any atom is -0.494 e. The molecule has 4 aliphatic rings. The Bertz CT molecular complexity index is 1330. The van der Waals surface area contributed by atoms with Gasteiger partial charge in [-0.3, -0.25) is 14.4 Å². The Balaban J connectivity index is 1.33. The summed E-state index contributed by atoms with van der Waals surface area (Å²) in [5.41, 5.74) is 1.63. The number of nitrogens with one attached hydrogen (secondary N) is 2. The van der Waals surface area contributed by atoms with Crippen molar-refractivity contribution in [1.29, 1.82) is 0 Å². The quantitative estimate of drug-likeness (QED) is 0.367. The van der Waals surface area contributed by atoms with E-state index >= 15 is 0 Å². The van der Waals surface area contributed by atoms with Gasteiger partial charge in [-0.05, 0) is 75.8 Å². The minimum atomic E-state index is -0.747. The van der Waals surface area contributed by atoms with E-state index < -0.39 is 33.4 Å². The summed E-state index contributed by atoms with van der Waals surface area (Å²) < 4.78 is 4.34. The van der Waals surface area contributed by atoms with Crippen LogP contribution in [0.15, 0.2) is 54.6 Å². The third-order valence-electron chi connectivity index (χ3n) is 10.0. The summed E-state index contributed by atoms with van der Waals surface area (Å²) in [7, 11) is 0. The fraction of sp³-hybridized carbons (Fsp3) is 0.559. The first-order chi connectivity index (χ1) is 20.8. The van der Waals surface area contributed by atoms with Gasteiger partial charge >= 0.3 is 0 Å². The molecule has 1 aliphatic carbocycles. The van der Waals surface area contributed by atoms with Gasteiger partial charge in [0.1, 0.15) is 11.8 Å². The Morgan fingerprint density at radius 3 is 2.44 bits per heavy atom. The summed E-state index contributed by atoms with van der Waals surface area (Å²) in [4.78, 5) is 44.7. The zero-order chi connectivity index (χ0) is 30.2. The highest BCUT2D eigenvalue weighted by Gasteiger charge is 2.77. The van der Waals surface area contributed by atoms with E-state index in [0.717, 1.165) is 43.4 Å². The lowest BCUT2D eigenvalue weighted by Crippen LogP contribution is -2.58. The van der Waals surface area contributed by atoms with Crippen LogP contribution in [0.25, 0.3) is 0 Å². The Morgan fingerprint density at radius 1 is 1.05 bits per heavy atom. The van der Waals surface area contributed by atoms with E-state index in [9.17, 15) is 19.5 Å². The van der Waals surface area contributed by atoms with Gasteiger partial charge in [-0.1, -0.05) is 49.6 Å². The van der Waals surface area contributed by atoms with Gasteiger partial charge in [-0.2, -0.15) is 0 Å². The molecule has 8 nitrogen and oxygen atoms in total. The van der Waals surface area contributed by atoms with Crippen LogP contribution >= 0.6 is 11.8 Å². The SMILES string of the molecule is CCOc1ccc(NC(=O)[C@H]2[C@H]3C(=O)N([C@@H](CO)Cc4ccccc4)C(C(=O)NC4CCCCC4)C34CC[C@]2(C)S4)cc1. The van der Waals surface area contributed by atoms with Crippen molar-refractivity contribution in [3.05, 3.63) is 60.2 Å². The maximum Gasteiger partial charge on any atom is 0.244 e. The first-order valence-corrected chi connectivity index (χ1v) is 16.6. The predicted octanol–water partition coefficient (Wildman–Crippen LogP) is 4.56. The topological polar surface area (TPSA) is 108 Å². The first kappa shape index (κ1) is 30.0. The number of anilines is 1. The van der Waals surface area contributed by atoms with Crippen molar-refractivity contribution in [2.45, 2.75) is 92.8 Å². The van der Waals surface area contributed by atoms with Crippen LogP contribution in [0.3, 0.4) is 0 Å². The number of ether oxygens (including phenoxy) is 1. The van der Waals surface area contributed by atoms with E-state index in [1.807, 2.05) is 61.5 Å². The molecule has 3 aliphatic heterocycles. The van der Waals surface area contributed by atoms with E-state index in [2.05, 4.69) is 17.6 Å². The van der Waals surface area contributed by atoms with Crippen LogP contribution in [-0.4, -0.2) is 68.6 Å². The monoisotopic (exact) mass is 605 g/mol. The summed E-state index contributed by atoms with van der Waals surface area (Å²) in [5, 5.41) is 17.1. The highest BCUT2D eigenvalue weighted by molar-refractivity contribution is 8.02. The van der Waals surface area contributed by atoms with Crippen LogP contribution in [0.2, 0.25) is 0 Å². The molecule has 3 amide bonds. The van der Waals surface area contributed by atoms with E-state index in [1.54, 1.807) is 16.7 Å². The molecule has 43 heavy (non-hydrogen) atoms. The number of rotatable bonds is 10. The van der Waals surface area contributed by atoms with Crippen molar-refractivity contribution in [1.82, 2.24) is 10.2 Å². The standard InChI is InChI=1S/C34H43N3O5S/c1-3-42-26-16-14-24(15-17-26)35-30(39)27-28-32(41)37(25(21-38)20-22-10-6-4-7-11-22)29(34(28)19-18-33(27,2)43-34)31(40)36-23-12-8-5-9-13-23/h4,6-7,10-11,14-17,23,25,27-29,38H,3,5,8-9,12-13,18-21H2,1-2H3,(H,35,39)(H,36,40)/t25-,27-,28+,29?,33+,34?/m1/s1. The maximum absolute atomic E-state index is 14.6. The van der Waals surface area contributed by atoms with Crippen LogP contribution in [0, 0.1) is 11.8 Å². The molecule has 2 bridgehead atoms. The number of benzene rings is 2. The lowest BCUT2D eigenvalue weighted by atomic mass is 9.66. The first-order valence-electron chi connectivity index (χ1n) is 15.8. The lowest BCUT2D eigenvalue weighted by Gasteiger charge is -2.38. The molecule has 4 fully saturated rings. The van der Waals surface area contributed by atoms with Gasteiger partial charge in [-0.25, -0.2) is 0 Å². The van der Waals surface area contributed by atoms with Gasteiger partial charge in [0.15, 0.2) is 0 Å². The number of likely N-dealkylation sites (tertiary alicyclic amines) is 1. The molecule has 1 saturated carbocycles. The highest BCUT2D eigenvalue weighted by Crippen LogP contribution is 2.71. The Morgan fingerprint density at radius 2 is 1.77 bits per heavy atom. The molecule has 230 valence electrons. The number of amides is 3. The number of carbonyl (C=O) groups is 3. The van der Waals surface area contributed by atoms with E-state index in [-0.39, 0.29) is 30.4 Å². The Hall–Kier alpha value is -3.04. The van der Waals surface area contributed by atoms with Crippen LogP contribution in [0.1, 0.15) is 64.4 Å². The maximum atomic E-state index is 14.6. The number of thioether (sulfide) groups is 1.